The fourth-order valence-electron chi connectivity index (χ4n) is 2.36. The number of nitrogens with zero attached hydrogens (tertiary/aromatic N) is 2. The van der Waals surface area contributed by atoms with Gasteiger partial charge in [-0.25, -0.2) is 4.98 Å². The second kappa shape index (κ2) is 4.06. The molecule has 2 aromatic carbocycles. The Morgan fingerprint density at radius 1 is 0.950 bits per heavy atom. The molecule has 4 nitrogen and oxygen atoms in total. The molecule has 0 aliphatic rings. The normalized spacial score (nSPS) is 11.2. The average Bonchev–Trinajstić information content (AvgIpc) is 2.90. The molecule has 0 aliphatic heterocycles. The van der Waals surface area contributed by atoms with E-state index in [1.807, 2.05) is 48.7 Å². The van der Waals surface area contributed by atoms with Crippen molar-refractivity contribution in [2.75, 3.05) is 5.73 Å². The van der Waals surface area contributed by atoms with Gasteiger partial charge in [0, 0.05) is 22.8 Å². The van der Waals surface area contributed by atoms with E-state index in [9.17, 15) is 0 Å². The Kier molecular flexibility index (Phi) is 2.23. The molecule has 0 aliphatic carbocycles. The summed E-state index contributed by atoms with van der Waals surface area (Å²) in [5.74, 6) is 0.831. The smallest absolute Gasteiger partial charge is 0.140 e. The van der Waals surface area contributed by atoms with Gasteiger partial charge in [0.25, 0.3) is 0 Å². The molecule has 0 saturated carbocycles. The number of nitrogens with one attached hydrogen (secondary N) is 1. The first-order valence-electron chi connectivity index (χ1n) is 6.40. The van der Waals surface area contributed by atoms with Crippen LogP contribution in [0.5, 0.6) is 0 Å². The SMILES string of the molecule is Nc1ccc2cc(-c3nc4ccccc4[nH]3)cnc2c1. The van der Waals surface area contributed by atoms with Gasteiger partial charge in [0.2, 0.25) is 0 Å². The molecule has 0 atom stereocenters. The molecule has 20 heavy (non-hydrogen) atoms. The summed E-state index contributed by atoms with van der Waals surface area (Å²) in [4.78, 5) is 12.3. The molecular formula is C16H12N4. The number of H-pyrrole nitrogens is 1. The predicted octanol–water partition coefficient (Wildman–Crippen LogP) is 3.36. The van der Waals surface area contributed by atoms with E-state index >= 15 is 0 Å². The topological polar surface area (TPSA) is 67.6 Å². The Hall–Kier alpha value is -2.88. The molecule has 4 heteroatoms. The van der Waals surface area contributed by atoms with Crippen LogP contribution < -0.4 is 5.73 Å². The minimum Gasteiger partial charge on any atom is -0.399 e. The van der Waals surface area contributed by atoms with Gasteiger partial charge in [0.05, 0.1) is 16.6 Å². The number of aromatic nitrogens is 3. The van der Waals surface area contributed by atoms with Crippen molar-refractivity contribution in [1.82, 2.24) is 15.0 Å². The van der Waals surface area contributed by atoms with Gasteiger partial charge in [-0.2, -0.15) is 0 Å². The van der Waals surface area contributed by atoms with Crippen LogP contribution in [0.4, 0.5) is 5.69 Å². The van der Waals surface area contributed by atoms with E-state index in [4.69, 9.17) is 5.73 Å². The van der Waals surface area contributed by atoms with Gasteiger partial charge in [-0.3, -0.25) is 4.98 Å². The first-order valence-corrected chi connectivity index (χ1v) is 6.40. The Labute approximate surface area is 115 Å². The zero-order valence-corrected chi connectivity index (χ0v) is 10.7. The molecule has 0 spiro atoms. The Morgan fingerprint density at radius 3 is 2.75 bits per heavy atom. The number of nitrogens with two attached hydrogens (primary N) is 1. The first-order chi connectivity index (χ1) is 9.79. The van der Waals surface area contributed by atoms with E-state index in [1.165, 1.54) is 0 Å². The Balaban J connectivity index is 1.90. The summed E-state index contributed by atoms with van der Waals surface area (Å²) in [5, 5.41) is 1.05. The van der Waals surface area contributed by atoms with Crippen LogP contribution in [0.3, 0.4) is 0 Å². The number of nitrogen functional groups attached to an aromatic ring is 1. The molecular weight excluding hydrogens is 248 g/mol. The summed E-state index contributed by atoms with van der Waals surface area (Å²) in [5.41, 5.74) is 10.3. The van der Waals surface area contributed by atoms with Crippen LogP contribution in [0.2, 0.25) is 0 Å². The summed E-state index contributed by atoms with van der Waals surface area (Å²) in [6.45, 7) is 0. The maximum absolute atomic E-state index is 5.77. The summed E-state index contributed by atoms with van der Waals surface area (Å²) >= 11 is 0. The fraction of sp³-hybridized carbons (Fsp3) is 0. The second-order valence-electron chi connectivity index (χ2n) is 4.78. The van der Waals surface area contributed by atoms with Crippen molar-refractivity contribution in [3.8, 4) is 11.4 Å². The quantitative estimate of drug-likeness (QED) is 0.516. The van der Waals surface area contributed by atoms with E-state index in [0.29, 0.717) is 0 Å². The lowest BCUT2D eigenvalue weighted by atomic mass is 10.1. The standard InChI is InChI=1S/C16H12N4/c17-12-6-5-10-7-11(9-18-15(10)8-12)16-19-13-3-1-2-4-14(13)20-16/h1-9H,17H2,(H,19,20). The van der Waals surface area contributed by atoms with E-state index in [2.05, 4.69) is 21.0 Å². The number of benzene rings is 2. The van der Waals surface area contributed by atoms with Gasteiger partial charge in [-0.15, -0.1) is 0 Å². The van der Waals surface area contributed by atoms with Gasteiger partial charge >= 0.3 is 0 Å². The van der Waals surface area contributed by atoms with Gasteiger partial charge in [-0.05, 0) is 30.3 Å². The van der Waals surface area contributed by atoms with Gasteiger partial charge in [0.1, 0.15) is 5.82 Å². The monoisotopic (exact) mass is 260 g/mol. The average molecular weight is 260 g/mol. The van der Waals surface area contributed by atoms with Crippen molar-refractivity contribution in [1.29, 1.82) is 0 Å². The van der Waals surface area contributed by atoms with Crippen LogP contribution >= 0.6 is 0 Å². The van der Waals surface area contributed by atoms with Crippen molar-refractivity contribution in [3.63, 3.8) is 0 Å². The maximum Gasteiger partial charge on any atom is 0.140 e. The Morgan fingerprint density at radius 2 is 1.85 bits per heavy atom. The highest BCUT2D eigenvalue weighted by Crippen LogP contribution is 2.23. The molecule has 3 N–H and O–H groups in total. The number of pyridine rings is 1. The molecule has 0 amide bonds. The van der Waals surface area contributed by atoms with Crippen LogP contribution in [0.1, 0.15) is 0 Å². The third-order valence-electron chi connectivity index (χ3n) is 3.37. The van der Waals surface area contributed by atoms with Gasteiger partial charge < -0.3 is 10.7 Å². The maximum atomic E-state index is 5.77. The second-order valence-corrected chi connectivity index (χ2v) is 4.78. The van der Waals surface area contributed by atoms with Gasteiger partial charge in [-0.1, -0.05) is 18.2 Å². The van der Waals surface area contributed by atoms with Crippen molar-refractivity contribution in [2.24, 2.45) is 0 Å². The van der Waals surface area contributed by atoms with Crippen LogP contribution in [0, 0.1) is 0 Å². The minimum atomic E-state index is 0.724. The number of anilines is 1. The van der Waals surface area contributed by atoms with E-state index in [1.54, 1.807) is 0 Å². The highest BCUT2D eigenvalue weighted by atomic mass is 14.9. The first kappa shape index (κ1) is 11.0. The summed E-state index contributed by atoms with van der Waals surface area (Å²) in [6.07, 6.45) is 1.82. The number of aromatic amines is 1. The van der Waals surface area contributed by atoms with E-state index in [0.717, 1.165) is 39.0 Å². The summed E-state index contributed by atoms with van der Waals surface area (Å²) < 4.78 is 0. The third-order valence-corrected chi connectivity index (χ3v) is 3.37. The third kappa shape index (κ3) is 1.70. The molecule has 96 valence electrons. The zero-order valence-electron chi connectivity index (χ0n) is 10.7. The summed E-state index contributed by atoms with van der Waals surface area (Å²) in [6, 6.07) is 15.8. The number of hydrogen-bond acceptors (Lipinski definition) is 3. The number of hydrogen-bond donors (Lipinski definition) is 2. The summed E-state index contributed by atoms with van der Waals surface area (Å²) in [7, 11) is 0. The number of fused-ring (bicyclic) bond motifs is 2. The molecule has 2 heterocycles. The molecule has 2 aromatic heterocycles. The lowest BCUT2D eigenvalue weighted by Crippen LogP contribution is -1.88. The van der Waals surface area contributed by atoms with Crippen LogP contribution in [-0.4, -0.2) is 15.0 Å². The molecule has 0 bridgehead atoms. The minimum absolute atomic E-state index is 0.724. The lowest BCUT2D eigenvalue weighted by Gasteiger charge is -2.01. The van der Waals surface area contributed by atoms with Crippen molar-refractivity contribution in [3.05, 3.63) is 54.7 Å². The molecule has 0 fully saturated rings. The van der Waals surface area contributed by atoms with Crippen molar-refractivity contribution >= 4 is 27.6 Å². The van der Waals surface area contributed by atoms with Crippen LogP contribution in [0.25, 0.3) is 33.3 Å². The van der Waals surface area contributed by atoms with Crippen LogP contribution in [-0.2, 0) is 0 Å². The zero-order chi connectivity index (χ0) is 13.5. The van der Waals surface area contributed by atoms with Gasteiger partial charge in [0.15, 0.2) is 0 Å². The molecule has 4 rings (SSSR count). The highest BCUT2D eigenvalue weighted by molar-refractivity contribution is 5.86. The molecule has 0 unspecified atom stereocenters. The number of rotatable bonds is 1. The predicted molar refractivity (Wildman–Crippen MR) is 81.2 cm³/mol. The Bertz CT molecular complexity index is 891. The number of imidazole rings is 1. The van der Waals surface area contributed by atoms with Crippen LogP contribution in [0.15, 0.2) is 54.7 Å². The lowest BCUT2D eigenvalue weighted by molar-refractivity contribution is 1.31. The molecule has 0 radical (unpaired) electrons. The molecule has 4 aromatic rings. The molecule has 0 saturated heterocycles. The number of para-hydroxylation sites is 2. The largest absolute Gasteiger partial charge is 0.399 e. The van der Waals surface area contributed by atoms with Crippen molar-refractivity contribution in [2.45, 2.75) is 0 Å². The fourth-order valence-corrected chi connectivity index (χ4v) is 2.36. The van der Waals surface area contributed by atoms with E-state index < -0.39 is 0 Å². The van der Waals surface area contributed by atoms with Crippen molar-refractivity contribution < 1.29 is 0 Å². The highest BCUT2D eigenvalue weighted by Gasteiger charge is 2.06. The van der Waals surface area contributed by atoms with E-state index in [-0.39, 0.29) is 0 Å².